The van der Waals surface area contributed by atoms with E-state index in [-0.39, 0.29) is 12.6 Å². The van der Waals surface area contributed by atoms with Crippen molar-refractivity contribution >= 4 is 28.1 Å². The number of fused-ring (bicyclic) bond motifs is 1. The minimum Gasteiger partial charge on any atom is -0.467 e. The van der Waals surface area contributed by atoms with Crippen LogP contribution in [0.25, 0.3) is 21.6 Å². The van der Waals surface area contributed by atoms with Gasteiger partial charge >= 0.3 is 0 Å². The lowest BCUT2D eigenvalue weighted by Gasteiger charge is -2.18. The molecule has 0 aliphatic carbocycles. The summed E-state index contributed by atoms with van der Waals surface area (Å²) in [7, 11) is 0. The molecule has 0 saturated heterocycles. The summed E-state index contributed by atoms with van der Waals surface area (Å²) in [5.41, 5.74) is 0.880. The molecular formula is C19H17N3O2S. The minimum absolute atomic E-state index is 0.0547. The molecule has 1 unspecified atom stereocenters. The smallest absolute Gasteiger partial charge is 0.172 e. The van der Waals surface area contributed by atoms with Gasteiger partial charge in [-0.05, 0) is 42.1 Å². The highest BCUT2D eigenvalue weighted by Crippen LogP contribution is 2.30. The number of nitrogens with one attached hydrogen (secondary N) is 1. The Kier molecular flexibility index (Phi) is 4.45. The fourth-order valence-electron chi connectivity index (χ4n) is 2.77. The van der Waals surface area contributed by atoms with Crippen LogP contribution < -0.4 is 5.32 Å². The molecule has 2 N–H and O–H groups in total. The summed E-state index contributed by atoms with van der Waals surface area (Å²) in [5, 5.41) is 15.8. The lowest BCUT2D eigenvalue weighted by Crippen LogP contribution is -2.13. The third-order valence-corrected chi connectivity index (χ3v) is 4.83. The predicted octanol–water partition coefficient (Wildman–Crippen LogP) is 4.49. The SMILES string of the molecule is OCCC(Nc1nc(-c2cccs2)nc2ccccc12)c1ccco1. The molecule has 1 aromatic carbocycles. The summed E-state index contributed by atoms with van der Waals surface area (Å²) in [4.78, 5) is 10.4. The standard InChI is InChI=1S/C19H17N3O2S/c23-10-9-15(16-7-3-11-24-16)21-18-13-5-1-2-6-14(13)20-19(22-18)17-8-4-12-25-17/h1-8,11-12,15,23H,9-10H2,(H,20,21,22). The monoisotopic (exact) mass is 351 g/mol. The van der Waals surface area contributed by atoms with Gasteiger partial charge in [0.2, 0.25) is 0 Å². The number of hydrogen-bond acceptors (Lipinski definition) is 6. The number of benzene rings is 1. The second kappa shape index (κ2) is 7.04. The molecule has 0 amide bonds. The molecule has 126 valence electrons. The van der Waals surface area contributed by atoms with Crippen LogP contribution in [0.5, 0.6) is 0 Å². The summed E-state index contributed by atoms with van der Waals surface area (Å²) in [6.45, 7) is 0.0547. The third-order valence-electron chi connectivity index (χ3n) is 3.96. The fraction of sp³-hybridized carbons (Fsp3) is 0.158. The largest absolute Gasteiger partial charge is 0.467 e. The lowest BCUT2D eigenvalue weighted by molar-refractivity contribution is 0.273. The van der Waals surface area contributed by atoms with Crippen molar-refractivity contribution in [2.45, 2.75) is 12.5 Å². The van der Waals surface area contributed by atoms with Crippen LogP contribution in [0, 0.1) is 0 Å². The molecule has 0 spiro atoms. The maximum atomic E-state index is 9.42. The van der Waals surface area contributed by atoms with Gasteiger partial charge in [-0.1, -0.05) is 18.2 Å². The zero-order valence-electron chi connectivity index (χ0n) is 13.4. The zero-order chi connectivity index (χ0) is 17.1. The first-order valence-electron chi connectivity index (χ1n) is 8.06. The minimum atomic E-state index is -0.158. The maximum Gasteiger partial charge on any atom is 0.172 e. The second-order valence-electron chi connectivity index (χ2n) is 5.61. The fourth-order valence-corrected chi connectivity index (χ4v) is 3.43. The van der Waals surface area contributed by atoms with Crippen LogP contribution in [0.4, 0.5) is 5.82 Å². The van der Waals surface area contributed by atoms with E-state index >= 15 is 0 Å². The molecule has 1 atom stereocenters. The Bertz CT molecular complexity index is 952. The number of aromatic nitrogens is 2. The Hall–Kier alpha value is -2.70. The third kappa shape index (κ3) is 3.26. The molecule has 0 bridgehead atoms. The lowest BCUT2D eigenvalue weighted by atomic mass is 10.1. The van der Waals surface area contributed by atoms with Gasteiger partial charge in [-0.25, -0.2) is 9.97 Å². The first-order valence-corrected chi connectivity index (χ1v) is 8.94. The Labute approximate surface area is 149 Å². The highest BCUT2D eigenvalue weighted by molar-refractivity contribution is 7.13. The number of thiophene rings is 1. The first kappa shape index (κ1) is 15.8. The molecule has 4 aromatic rings. The molecule has 25 heavy (non-hydrogen) atoms. The highest BCUT2D eigenvalue weighted by Gasteiger charge is 2.17. The highest BCUT2D eigenvalue weighted by atomic mass is 32.1. The molecular weight excluding hydrogens is 334 g/mol. The van der Waals surface area contributed by atoms with Gasteiger partial charge in [0.25, 0.3) is 0 Å². The number of rotatable bonds is 6. The zero-order valence-corrected chi connectivity index (χ0v) is 14.2. The van der Waals surface area contributed by atoms with E-state index in [0.29, 0.717) is 12.2 Å². The Morgan fingerprint density at radius 2 is 2.00 bits per heavy atom. The van der Waals surface area contributed by atoms with Crippen molar-refractivity contribution < 1.29 is 9.52 Å². The van der Waals surface area contributed by atoms with Gasteiger partial charge in [-0.3, -0.25) is 0 Å². The average molecular weight is 351 g/mol. The second-order valence-corrected chi connectivity index (χ2v) is 6.56. The Morgan fingerprint density at radius 1 is 1.08 bits per heavy atom. The van der Waals surface area contributed by atoms with Crippen molar-refractivity contribution in [2.24, 2.45) is 0 Å². The van der Waals surface area contributed by atoms with E-state index in [2.05, 4.69) is 10.3 Å². The predicted molar refractivity (Wildman–Crippen MR) is 99.6 cm³/mol. The number of aliphatic hydroxyl groups excluding tert-OH is 1. The number of anilines is 1. The van der Waals surface area contributed by atoms with Crippen molar-refractivity contribution in [3.05, 3.63) is 65.9 Å². The van der Waals surface area contributed by atoms with Gasteiger partial charge in [-0.2, -0.15) is 0 Å². The van der Waals surface area contributed by atoms with Crippen LogP contribution in [-0.2, 0) is 0 Å². The van der Waals surface area contributed by atoms with Gasteiger partial charge in [-0.15, -0.1) is 11.3 Å². The Balaban J connectivity index is 1.79. The average Bonchev–Trinajstić information content (AvgIpc) is 3.35. The molecule has 6 heteroatoms. The molecule has 3 aromatic heterocycles. The van der Waals surface area contributed by atoms with Gasteiger partial charge in [0, 0.05) is 12.0 Å². The van der Waals surface area contributed by atoms with E-state index in [0.717, 1.165) is 27.4 Å². The summed E-state index contributed by atoms with van der Waals surface area (Å²) in [5.74, 6) is 2.21. The quantitative estimate of drug-likeness (QED) is 0.536. The number of furan rings is 1. The molecule has 0 fully saturated rings. The van der Waals surface area contributed by atoms with Gasteiger partial charge < -0.3 is 14.8 Å². The van der Waals surface area contributed by atoms with Crippen LogP contribution in [0.15, 0.2) is 64.6 Å². The van der Waals surface area contributed by atoms with Crippen molar-refractivity contribution in [1.82, 2.24) is 9.97 Å². The summed E-state index contributed by atoms with van der Waals surface area (Å²) in [6.07, 6.45) is 2.16. The number of para-hydroxylation sites is 1. The molecule has 0 aliphatic heterocycles. The topological polar surface area (TPSA) is 71.2 Å². The van der Waals surface area contributed by atoms with Crippen LogP contribution in [0.2, 0.25) is 0 Å². The summed E-state index contributed by atoms with van der Waals surface area (Å²) < 4.78 is 5.52. The number of hydrogen-bond donors (Lipinski definition) is 2. The van der Waals surface area contributed by atoms with E-state index in [1.54, 1.807) is 17.6 Å². The van der Waals surface area contributed by atoms with Crippen LogP contribution >= 0.6 is 11.3 Å². The van der Waals surface area contributed by atoms with E-state index in [1.807, 2.05) is 53.9 Å². The molecule has 0 saturated carbocycles. The number of nitrogens with zero attached hydrogens (tertiary/aromatic N) is 2. The van der Waals surface area contributed by atoms with Gasteiger partial charge in [0.15, 0.2) is 5.82 Å². The number of aliphatic hydroxyl groups is 1. The van der Waals surface area contributed by atoms with E-state index in [4.69, 9.17) is 9.40 Å². The van der Waals surface area contributed by atoms with E-state index in [1.165, 1.54) is 0 Å². The summed E-state index contributed by atoms with van der Waals surface area (Å²) >= 11 is 1.61. The van der Waals surface area contributed by atoms with Crippen molar-refractivity contribution in [2.75, 3.05) is 11.9 Å². The first-order chi connectivity index (χ1) is 12.3. The van der Waals surface area contributed by atoms with Gasteiger partial charge in [0.05, 0.1) is 22.7 Å². The van der Waals surface area contributed by atoms with Crippen LogP contribution in [-0.4, -0.2) is 21.7 Å². The normalized spacial score (nSPS) is 12.4. The maximum absolute atomic E-state index is 9.42. The van der Waals surface area contributed by atoms with Crippen molar-refractivity contribution in [3.63, 3.8) is 0 Å². The molecule has 5 nitrogen and oxygen atoms in total. The molecule has 0 radical (unpaired) electrons. The molecule has 4 rings (SSSR count). The van der Waals surface area contributed by atoms with Crippen molar-refractivity contribution in [3.8, 4) is 10.7 Å². The van der Waals surface area contributed by atoms with E-state index in [9.17, 15) is 5.11 Å². The van der Waals surface area contributed by atoms with Crippen molar-refractivity contribution in [1.29, 1.82) is 0 Å². The molecule has 3 heterocycles. The van der Waals surface area contributed by atoms with Crippen LogP contribution in [0.1, 0.15) is 18.2 Å². The van der Waals surface area contributed by atoms with Gasteiger partial charge in [0.1, 0.15) is 11.6 Å². The van der Waals surface area contributed by atoms with E-state index < -0.39 is 0 Å². The Morgan fingerprint density at radius 3 is 2.76 bits per heavy atom. The molecule has 0 aliphatic rings. The van der Waals surface area contributed by atoms with Crippen LogP contribution in [0.3, 0.4) is 0 Å². The summed E-state index contributed by atoms with van der Waals surface area (Å²) in [6, 6.07) is 15.5.